The second kappa shape index (κ2) is 23.3. The summed E-state index contributed by atoms with van der Waals surface area (Å²) in [7, 11) is 3.42. The second-order valence-electron chi connectivity index (χ2n) is 17.8. The smallest absolute Gasteiger partial charge is 0.332 e. The molecule has 8 rings (SSSR count). The van der Waals surface area contributed by atoms with Crippen LogP contribution in [0.4, 0.5) is 11.4 Å². The number of anilines is 2. The lowest BCUT2D eigenvalue weighted by Gasteiger charge is -2.10. The average Bonchev–Trinajstić information content (AvgIpc) is 4.19. The zero-order valence-corrected chi connectivity index (χ0v) is 42.9. The van der Waals surface area contributed by atoms with E-state index in [0.717, 1.165) is 24.8 Å². The van der Waals surface area contributed by atoms with Crippen LogP contribution in [-0.4, -0.2) is 82.8 Å². The molecule has 4 N–H and O–H groups in total. The zero-order chi connectivity index (χ0) is 52.5. The van der Waals surface area contributed by atoms with Crippen molar-refractivity contribution in [3.63, 3.8) is 0 Å². The number of imidazole rings is 2. The summed E-state index contributed by atoms with van der Waals surface area (Å²) in [5.41, 5.74) is 4.43. The first kappa shape index (κ1) is 52.5. The molecule has 22 nitrogen and oxygen atoms in total. The normalized spacial score (nSPS) is 11.7. The largest absolute Gasteiger partial charge is 0.466 e. The minimum atomic E-state index is -0.399. The number of carbonyl (C=O) groups is 2. The molecule has 0 spiro atoms. The first-order valence-electron chi connectivity index (χ1n) is 24.7. The number of hydrogen-bond donors (Lipinski definition) is 4. The van der Waals surface area contributed by atoms with Gasteiger partial charge in [-0.1, -0.05) is 71.4 Å². The van der Waals surface area contributed by atoms with E-state index in [9.17, 15) is 28.8 Å². The van der Waals surface area contributed by atoms with Gasteiger partial charge >= 0.3 is 11.4 Å². The van der Waals surface area contributed by atoms with E-state index in [1.54, 1.807) is 30.9 Å². The van der Waals surface area contributed by atoms with Crippen LogP contribution in [0.25, 0.3) is 45.4 Å². The number of benzene rings is 2. The van der Waals surface area contributed by atoms with Crippen LogP contribution in [0, 0.1) is 6.92 Å². The van der Waals surface area contributed by atoms with Crippen molar-refractivity contribution < 1.29 is 19.1 Å². The molecule has 2 amide bonds. The first-order valence-corrected chi connectivity index (χ1v) is 24.7. The van der Waals surface area contributed by atoms with Gasteiger partial charge in [0.25, 0.3) is 22.9 Å². The fourth-order valence-corrected chi connectivity index (χ4v) is 8.17. The molecular weight excluding hydrogens is 937 g/mol. The van der Waals surface area contributed by atoms with Gasteiger partial charge in [-0.15, -0.1) is 10.2 Å². The molecule has 1 unspecified atom stereocenters. The van der Waals surface area contributed by atoms with E-state index >= 15 is 0 Å². The van der Waals surface area contributed by atoms with Crippen LogP contribution in [0.3, 0.4) is 0 Å². The van der Waals surface area contributed by atoms with Crippen molar-refractivity contribution in [2.75, 3.05) is 23.8 Å². The number of rotatable bonds is 20. The topological polar surface area (TPSA) is 258 Å². The van der Waals surface area contributed by atoms with Crippen molar-refractivity contribution in [3.8, 4) is 34.8 Å². The molecule has 22 heteroatoms. The number of aromatic amines is 2. The van der Waals surface area contributed by atoms with E-state index in [0.29, 0.717) is 90.6 Å². The molecule has 0 fully saturated rings. The Morgan fingerprint density at radius 2 is 0.973 bits per heavy atom. The molecule has 0 aliphatic heterocycles. The lowest BCUT2D eigenvalue weighted by Crippen LogP contribution is -2.40. The number of amides is 2. The van der Waals surface area contributed by atoms with Crippen LogP contribution < -0.4 is 42.6 Å². The van der Waals surface area contributed by atoms with Gasteiger partial charge in [0.1, 0.15) is 22.4 Å². The van der Waals surface area contributed by atoms with Gasteiger partial charge in [0, 0.05) is 63.8 Å². The SMILES string of the molecule is CCCn1c(=O)c2[nH]c(-c3cc(OCC(=O)Nc4ccc(C(C)CC)cc4)nn3C)nc2n(CCC)c1=O.CCCn1c(=O)c2[nH]c(-c3cc(OCC(=O)Nc4ccc(C)cc4)nn3C)nc2n(CCC)c1=O. The van der Waals surface area contributed by atoms with E-state index in [1.807, 2.05) is 83.1 Å². The van der Waals surface area contributed by atoms with Gasteiger partial charge in [-0.25, -0.2) is 19.6 Å². The van der Waals surface area contributed by atoms with Crippen molar-refractivity contribution >= 4 is 45.5 Å². The summed E-state index contributed by atoms with van der Waals surface area (Å²) in [5, 5.41) is 14.2. The monoisotopic (exact) mass is 1000 g/mol. The highest BCUT2D eigenvalue weighted by Crippen LogP contribution is 2.25. The Bertz CT molecular complexity index is 3480. The molecule has 0 saturated carbocycles. The van der Waals surface area contributed by atoms with Gasteiger partial charge in [0.2, 0.25) is 11.8 Å². The highest BCUT2D eigenvalue weighted by Gasteiger charge is 2.22. The number of fused-ring (bicyclic) bond motifs is 2. The zero-order valence-electron chi connectivity index (χ0n) is 42.9. The van der Waals surface area contributed by atoms with Gasteiger partial charge in [0.05, 0.1) is 0 Å². The number of carbonyl (C=O) groups excluding carboxylic acids is 2. The highest BCUT2D eigenvalue weighted by atomic mass is 16.5. The molecule has 1 atom stereocenters. The van der Waals surface area contributed by atoms with E-state index < -0.39 is 11.1 Å². The van der Waals surface area contributed by atoms with E-state index in [4.69, 9.17) is 9.47 Å². The molecule has 73 heavy (non-hydrogen) atoms. The number of aromatic nitrogens is 12. The number of nitrogens with zero attached hydrogens (tertiary/aromatic N) is 10. The highest BCUT2D eigenvalue weighted by molar-refractivity contribution is 5.92. The molecule has 8 aromatic rings. The summed E-state index contributed by atoms with van der Waals surface area (Å²) in [6.45, 7) is 15.1. The van der Waals surface area contributed by atoms with Gasteiger partial charge < -0.3 is 30.1 Å². The summed E-state index contributed by atoms with van der Waals surface area (Å²) in [6.07, 6.45) is 3.81. The minimum Gasteiger partial charge on any atom is -0.466 e. The summed E-state index contributed by atoms with van der Waals surface area (Å²) in [5.74, 6) is 1.07. The molecule has 2 aromatic carbocycles. The molecule has 386 valence electrons. The predicted molar refractivity (Wildman–Crippen MR) is 279 cm³/mol. The maximum Gasteiger partial charge on any atom is 0.332 e. The summed E-state index contributed by atoms with van der Waals surface area (Å²) in [4.78, 5) is 91.7. The molecule has 0 bridgehead atoms. The Kier molecular flexibility index (Phi) is 16.8. The maximum absolute atomic E-state index is 13.0. The number of aryl methyl sites for hydroxylation is 5. The third kappa shape index (κ3) is 11.7. The quantitative estimate of drug-likeness (QED) is 0.0679. The first-order chi connectivity index (χ1) is 35.1. The fraction of sp³-hybridized carbons (Fsp3) is 0.412. The molecule has 0 radical (unpaired) electrons. The standard InChI is InChI=1S/C27H35N7O4.C24H29N7O4/c1-6-13-33-25-23(26(36)34(14-7-2)27(33)37)29-24(30-25)20-15-22(31-32(20)5)38-16-21(35)28-19-11-9-18(10-12-19)17(4)8-3;1-5-11-30-22-20(23(33)31(12-6-2)24(30)34)26-21(27-22)17-13-19(28-29(17)4)35-14-18(32)25-16-9-7-15(3)8-10-16/h9-12,15,17H,6-8,13-14,16H2,1-5H3,(H,28,35)(H,29,30);7-10,13H,5-6,11-12,14H2,1-4H3,(H,25,32)(H,26,27). The van der Waals surface area contributed by atoms with Gasteiger partial charge in [-0.05, 0) is 74.8 Å². The molecule has 6 heterocycles. The number of nitrogens with one attached hydrogen (secondary N) is 4. The van der Waals surface area contributed by atoms with Gasteiger partial charge in [0.15, 0.2) is 36.2 Å². The van der Waals surface area contributed by atoms with E-state index in [1.165, 1.54) is 28.5 Å². The van der Waals surface area contributed by atoms with Crippen molar-refractivity contribution in [1.29, 1.82) is 0 Å². The average molecular weight is 1000 g/mol. The minimum absolute atomic E-state index is 0.220. The number of hydrogen-bond acceptors (Lipinski definition) is 12. The van der Waals surface area contributed by atoms with Crippen LogP contribution in [0.5, 0.6) is 11.8 Å². The summed E-state index contributed by atoms with van der Waals surface area (Å²) in [6, 6.07) is 18.5. The maximum atomic E-state index is 13.0. The van der Waals surface area contributed by atoms with Crippen LogP contribution in [0.2, 0.25) is 0 Å². The molecular formula is C51H64N14O8. The van der Waals surface area contributed by atoms with Gasteiger partial charge in [-0.3, -0.25) is 46.8 Å². The van der Waals surface area contributed by atoms with Crippen molar-refractivity contribution in [2.24, 2.45) is 14.1 Å². The Balaban J connectivity index is 0.000000214. The third-order valence-corrected chi connectivity index (χ3v) is 12.1. The van der Waals surface area contributed by atoms with Gasteiger partial charge in [-0.2, -0.15) is 0 Å². The Morgan fingerprint density at radius 1 is 0.589 bits per heavy atom. The van der Waals surface area contributed by atoms with Crippen LogP contribution in [0.1, 0.15) is 90.7 Å². The van der Waals surface area contributed by atoms with E-state index in [-0.39, 0.29) is 59.2 Å². The van der Waals surface area contributed by atoms with Crippen molar-refractivity contribution in [3.05, 3.63) is 113 Å². The number of H-pyrrole nitrogens is 2. The third-order valence-electron chi connectivity index (χ3n) is 12.1. The van der Waals surface area contributed by atoms with Crippen LogP contribution >= 0.6 is 0 Å². The summed E-state index contributed by atoms with van der Waals surface area (Å²) < 4.78 is 19.8. The predicted octanol–water partition coefficient (Wildman–Crippen LogP) is 6.07. The Labute approximate surface area is 420 Å². The van der Waals surface area contributed by atoms with Crippen LogP contribution in [-0.2, 0) is 49.9 Å². The molecule has 0 saturated heterocycles. The Morgan fingerprint density at radius 3 is 1.36 bits per heavy atom. The van der Waals surface area contributed by atoms with E-state index in [2.05, 4.69) is 54.6 Å². The Hall–Kier alpha value is -8.30. The molecule has 6 aromatic heterocycles. The molecule has 0 aliphatic carbocycles. The lowest BCUT2D eigenvalue weighted by molar-refractivity contribution is -0.118. The lowest BCUT2D eigenvalue weighted by atomic mass is 9.99. The van der Waals surface area contributed by atoms with Crippen molar-refractivity contribution in [1.82, 2.24) is 57.8 Å². The summed E-state index contributed by atoms with van der Waals surface area (Å²) >= 11 is 0. The fourth-order valence-electron chi connectivity index (χ4n) is 8.17. The van der Waals surface area contributed by atoms with Crippen LogP contribution in [0.15, 0.2) is 79.8 Å². The second-order valence-corrected chi connectivity index (χ2v) is 17.8. The number of ether oxygens (including phenoxy) is 2. The van der Waals surface area contributed by atoms with Crippen molar-refractivity contribution in [2.45, 2.75) is 113 Å². The molecule has 0 aliphatic rings.